The van der Waals surface area contributed by atoms with Crippen LogP contribution in [0.15, 0.2) is 29.2 Å². The lowest BCUT2D eigenvalue weighted by Gasteiger charge is -2.09. The molecule has 0 amide bonds. The van der Waals surface area contributed by atoms with E-state index in [2.05, 4.69) is 45.0 Å². The van der Waals surface area contributed by atoms with Gasteiger partial charge in [0, 0.05) is 10.9 Å². The van der Waals surface area contributed by atoms with Crippen LogP contribution in [0.25, 0.3) is 0 Å². The number of thioether (sulfide) groups is 1. The van der Waals surface area contributed by atoms with Gasteiger partial charge in [0.25, 0.3) is 0 Å². The molecule has 0 saturated heterocycles. The van der Waals surface area contributed by atoms with Crippen molar-refractivity contribution >= 4 is 11.8 Å². The molecule has 1 unspecified atom stereocenters. The Hall–Kier alpha value is -0.470. The summed E-state index contributed by atoms with van der Waals surface area (Å²) in [6, 6.07) is 9.18. The van der Waals surface area contributed by atoms with Gasteiger partial charge in [-0.25, -0.2) is 0 Å². The molecule has 0 fully saturated rings. The Kier molecular flexibility index (Phi) is 6.68. The predicted molar refractivity (Wildman–Crippen MR) is 78.6 cm³/mol. The Bertz CT molecular complexity index is 305. The quantitative estimate of drug-likeness (QED) is 0.738. The number of hydrogen-bond acceptors (Lipinski definition) is 2. The van der Waals surface area contributed by atoms with Crippen LogP contribution in [0.2, 0.25) is 0 Å². The third-order valence-electron chi connectivity index (χ3n) is 2.91. The molecule has 1 aromatic carbocycles. The number of nitrogens with two attached hydrogens (primary N) is 1. The Balaban J connectivity index is 2.39. The minimum atomic E-state index is 0.300. The van der Waals surface area contributed by atoms with Crippen LogP contribution >= 0.6 is 11.8 Å². The summed E-state index contributed by atoms with van der Waals surface area (Å²) in [7, 11) is 0. The Morgan fingerprint density at radius 2 is 1.82 bits per heavy atom. The van der Waals surface area contributed by atoms with E-state index in [1.165, 1.54) is 22.6 Å². The molecule has 0 radical (unpaired) electrons. The second kappa shape index (κ2) is 7.78. The maximum absolute atomic E-state index is 5.95. The van der Waals surface area contributed by atoms with Gasteiger partial charge in [-0.2, -0.15) is 0 Å². The van der Waals surface area contributed by atoms with Crippen LogP contribution in [-0.4, -0.2) is 11.8 Å². The minimum absolute atomic E-state index is 0.300. The van der Waals surface area contributed by atoms with Gasteiger partial charge >= 0.3 is 0 Å². The van der Waals surface area contributed by atoms with Gasteiger partial charge in [0.05, 0.1) is 0 Å². The summed E-state index contributed by atoms with van der Waals surface area (Å²) in [5, 5.41) is 0. The minimum Gasteiger partial charge on any atom is -0.327 e. The van der Waals surface area contributed by atoms with Gasteiger partial charge in [-0.1, -0.05) is 32.9 Å². The summed E-state index contributed by atoms with van der Waals surface area (Å²) < 4.78 is 0. The number of rotatable bonds is 7. The van der Waals surface area contributed by atoms with Crippen molar-refractivity contribution < 1.29 is 0 Å². The molecule has 1 atom stereocenters. The molecular formula is C15H25NS. The molecule has 0 aliphatic heterocycles. The van der Waals surface area contributed by atoms with Crippen molar-refractivity contribution in [3.63, 3.8) is 0 Å². The molecule has 0 aromatic heterocycles. The Morgan fingerprint density at radius 1 is 1.18 bits per heavy atom. The van der Waals surface area contributed by atoms with E-state index in [1.54, 1.807) is 0 Å². The lowest BCUT2D eigenvalue weighted by atomic mass is 10.1. The van der Waals surface area contributed by atoms with Gasteiger partial charge in [-0.15, -0.1) is 11.8 Å². The second-order valence-electron chi connectivity index (χ2n) is 5.05. The average molecular weight is 251 g/mol. The highest BCUT2D eigenvalue weighted by molar-refractivity contribution is 7.99. The van der Waals surface area contributed by atoms with Crippen molar-refractivity contribution in [2.45, 2.75) is 51.0 Å². The van der Waals surface area contributed by atoms with Gasteiger partial charge in [-0.05, 0) is 48.6 Å². The lowest BCUT2D eigenvalue weighted by Crippen LogP contribution is -2.21. The van der Waals surface area contributed by atoms with Crippen molar-refractivity contribution in [1.29, 1.82) is 0 Å². The summed E-state index contributed by atoms with van der Waals surface area (Å²) in [5.41, 5.74) is 7.31. The van der Waals surface area contributed by atoms with Crippen LogP contribution in [0.4, 0.5) is 0 Å². The summed E-state index contributed by atoms with van der Waals surface area (Å²) >= 11 is 1.95. The van der Waals surface area contributed by atoms with E-state index in [0.29, 0.717) is 6.04 Å². The van der Waals surface area contributed by atoms with Gasteiger partial charge in [0.15, 0.2) is 0 Å². The normalized spacial score (nSPS) is 13.0. The smallest absolute Gasteiger partial charge is 0.00766 e. The third-order valence-corrected chi connectivity index (χ3v) is 3.95. The van der Waals surface area contributed by atoms with Gasteiger partial charge in [-0.3, -0.25) is 0 Å². The molecule has 0 aliphatic rings. The van der Waals surface area contributed by atoms with Crippen LogP contribution in [0.1, 0.15) is 39.2 Å². The summed E-state index contributed by atoms with van der Waals surface area (Å²) in [6.45, 7) is 6.69. The molecule has 0 bridgehead atoms. The van der Waals surface area contributed by atoms with E-state index in [9.17, 15) is 0 Å². The zero-order valence-corrected chi connectivity index (χ0v) is 12.1. The molecule has 0 spiro atoms. The first-order valence-corrected chi connectivity index (χ1v) is 7.57. The van der Waals surface area contributed by atoms with Gasteiger partial charge in [0.1, 0.15) is 0 Å². The van der Waals surface area contributed by atoms with E-state index >= 15 is 0 Å². The Morgan fingerprint density at radius 3 is 2.35 bits per heavy atom. The van der Waals surface area contributed by atoms with Crippen molar-refractivity contribution in [3.05, 3.63) is 29.8 Å². The molecule has 2 heteroatoms. The van der Waals surface area contributed by atoms with Crippen LogP contribution in [0.5, 0.6) is 0 Å². The molecule has 1 aromatic rings. The highest BCUT2D eigenvalue weighted by Gasteiger charge is 2.02. The monoisotopic (exact) mass is 251 g/mol. The fraction of sp³-hybridized carbons (Fsp3) is 0.600. The van der Waals surface area contributed by atoms with Crippen molar-refractivity contribution in [3.8, 4) is 0 Å². The van der Waals surface area contributed by atoms with Crippen molar-refractivity contribution in [2.24, 2.45) is 11.7 Å². The number of benzene rings is 1. The summed E-state index contributed by atoms with van der Waals surface area (Å²) in [5.74, 6) is 2.01. The van der Waals surface area contributed by atoms with E-state index in [1.807, 2.05) is 11.8 Å². The predicted octanol–water partition coefficient (Wildman–Crippen LogP) is 4.10. The van der Waals surface area contributed by atoms with Crippen LogP contribution < -0.4 is 5.73 Å². The van der Waals surface area contributed by atoms with Crippen LogP contribution in [0.3, 0.4) is 0 Å². The van der Waals surface area contributed by atoms with Crippen molar-refractivity contribution in [1.82, 2.24) is 0 Å². The molecule has 96 valence electrons. The molecule has 17 heavy (non-hydrogen) atoms. The molecule has 0 saturated carbocycles. The lowest BCUT2D eigenvalue weighted by molar-refractivity contribution is 0.632. The van der Waals surface area contributed by atoms with E-state index in [0.717, 1.165) is 18.8 Å². The molecular weight excluding hydrogens is 226 g/mol. The first kappa shape index (κ1) is 14.6. The topological polar surface area (TPSA) is 26.0 Å². The maximum Gasteiger partial charge on any atom is 0.00766 e. The SMILES string of the molecule is CCC(N)Cc1ccc(SCCC(C)C)cc1. The highest BCUT2D eigenvalue weighted by Crippen LogP contribution is 2.21. The maximum atomic E-state index is 5.95. The largest absolute Gasteiger partial charge is 0.327 e. The zero-order valence-electron chi connectivity index (χ0n) is 11.3. The fourth-order valence-corrected chi connectivity index (χ4v) is 2.73. The molecule has 0 heterocycles. The second-order valence-corrected chi connectivity index (χ2v) is 6.22. The first-order chi connectivity index (χ1) is 8.11. The van der Waals surface area contributed by atoms with E-state index in [-0.39, 0.29) is 0 Å². The molecule has 0 aliphatic carbocycles. The average Bonchev–Trinajstić information content (AvgIpc) is 2.31. The van der Waals surface area contributed by atoms with Crippen molar-refractivity contribution in [2.75, 3.05) is 5.75 Å². The number of hydrogen-bond donors (Lipinski definition) is 1. The molecule has 2 N–H and O–H groups in total. The zero-order chi connectivity index (χ0) is 12.7. The van der Waals surface area contributed by atoms with Gasteiger partial charge in [0.2, 0.25) is 0 Å². The summed E-state index contributed by atoms with van der Waals surface area (Å²) in [4.78, 5) is 1.37. The van der Waals surface area contributed by atoms with E-state index < -0.39 is 0 Å². The van der Waals surface area contributed by atoms with Crippen LogP contribution in [0, 0.1) is 5.92 Å². The van der Waals surface area contributed by atoms with Crippen LogP contribution in [-0.2, 0) is 6.42 Å². The van der Waals surface area contributed by atoms with Gasteiger partial charge < -0.3 is 5.73 Å². The molecule has 1 nitrogen and oxygen atoms in total. The standard InChI is InChI=1S/C15H25NS/c1-4-14(16)11-13-5-7-15(8-6-13)17-10-9-12(2)3/h5-8,12,14H,4,9-11,16H2,1-3H3. The van der Waals surface area contributed by atoms with E-state index in [4.69, 9.17) is 5.73 Å². The fourth-order valence-electron chi connectivity index (χ4n) is 1.58. The summed E-state index contributed by atoms with van der Waals surface area (Å²) in [6.07, 6.45) is 3.32. The third kappa shape index (κ3) is 6.13. The highest BCUT2D eigenvalue weighted by atomic mass is 32.2. The molecule has 1 rings (SSSR count). The first-order valence-electron chi connectivity index (χ1n) is 6.59. The Labute approximate surface area is 110 Å².